The molecule has 2 N–H and O–H groups in total. The number of ether oxygens (including phenoxy) is 1. The van der Waals surface area contributed by atoms with Crippen molar-refractivity contribution in [3.8, 4) is 5.75 Å². The Hall–Kier alpha value is -3.16. The van der Waals surface area contributed by atoms with Crippen molar-refractivity contribution in [2.24, 2.45) is 0 Å². The molecule has 1 fully saturated rings. The molecule has 5 rings (SSSR count). The molecule has 3 heterocycles. The summed E-state index contributed by atoms with van der Waals surface area (Å²) in [5.74, 6) is 0.462. The van der Waals surface area contributed by atoms with Gasteiger partial charge in [-0.15, -0.1) is 0 Å². The molecular weight excluding hydrogens is 490 g/mol. The van der Waals surface area contributed by atoms with Gasteiger partial charge in [0, 0.05) is 42.1 Å². The molecule has 0 atom stereocenters. The van der Waals surface area contributed by atoms with Crippen molar-refractivity contribution < 1.29 is 13.7 Å². The number of benzene rings is 2. The SMILES string of the molecule is CN(C)C1CCN(c2ccc(Nc3ncc(F)c(Nc4ccccc4P(C)(C)=O)n3)c3c2CCO3)CC1. The molecule has 2 aromatic carbocycles. The van der Waals surface area contributed by atoms with Crippen LogP contribution in [0.5, 0.6) is 5.75 Å². The van der Waals surface area contributed by atoms with E-state index in [1.54, 1.807) is 25.5 Å². The van der Waals surface area contributed by atoms with Gasteiger partial charge in [0.1, 0.15) is 12.9 Å². The van der Waals surface area contributed by atoms with Crippen LogP contribution in [0, 0.1) is 5.82 Å². The van der Waals surface area contributed by atoms with E-state index in [2.05, 4.69) is 50.6 Å². The van der Waals surface area contributed by atoms with Gasteiger partial charge < -0.3 is 29.7 Å². The molecule has 2 aliphatic heterocycles. The Kier molecular flexibility index (Phi) is 7.10. The summed E-state index contributed by atoms with van der Waals surface area (Å²) in [6.45, 7) is 6.03. The minimum Gasteiger partial charge on any atom is -0.491 e. The van der Waals surface area contributed by atoms with Crippen molar-refractivity contribution in [3.05, 3.63) is 54.0 Å². The summed E-state index contributed by atoms with van der Waals surface area (Å²) in [7, 11) is 1.72. The maximum absolute atomic E-state index is 14.7. The van der Waals surface area contributed by atoms with Gasteiger partial charge in [-0.2, -0.15) is 4.98 Å². The third kappa shape index (κ3) is 5.43. The lowest BCUT2D eigenvalue weighted by atomic mass is 10.0. The van der Waals surface area contributed by atoms with Gasteiger partial charge in [-0.25, -0.2) is 9.37 Å². The Morgan fingerprint density at radius 3 is 2.57 bits per heavy atom. The van der Waals surface area contributed by atoms with Gasteiger partial charge in [0.15, 0.2) is 11.6 Å². The second-order valence-corrected chi connectivity index (χ2v) is 13.4. The lowest BCUT2D eigenvalue weighted by molar-refractivity contribution is 0.249. The van der Waals surface area contributed by atoms with Crippen molar-refractivity contribution in [1.82, 2.24) is 14.9 Å². The van der Waals surface area contributed by atoms with Crippen molar-refractivity contribution >= 4 is 41.3 Å². The molecule has 10 heteroatoms. The Morgan fingerprint density at radius 2 is 1.84 bits per heavy atom. The third-order valence-electron chi connectivity index (χ3n) is 7.10. The molecule has 0 spiro atoms. The molecule has 3 aromatic rings. The minimum atomic E-state index is -2.58. The molecular formula is C27H34FN6O2P. The molecule has 0 amide bonds. The number of para-hydroxylation sites is 1. The summed E-state index contributed by atoms with van der Waals surface area (Å²) in [6.07, 6.45) is 4.24. The van der Waals surface area contributed by atoms with E-state index < -0.39 is 13.0 Å². The highest BCUT2D eigenvalue weighted by atomic mass is 31.2. The number of aromatic nitrogens is 2. The number of halogens is 1. The van der Waals surface area contributed by atoms with Crippen molar-refractivity contribution in [2.45, 2.75) is 25.3 Å². The largest absolute Gasteiger partial charge is 0.491 e. The first kappa shape index (κ1) is 25.5. The van der Waals surface area contributed by atoms with E-state index in [-0.39, 0.29) is 11.8 Å². The predicted octanol–water partition coefficient (Wildman–Crippen LogP) is 4.82. The number of hydrogen-bond acceptors (Lipinski definition) is 8. The van der Waals surface area contributed by atoms with Crippen molar-refractivity contribution in [3.63, 3.8) is 0 Å². The zero-order valence-electron chi connectivity index (χ0n) is 21.8. The van der Waals surface area contributed by atoms with Gasteiger partial charge in [0.2, 0.25) is 5.95 Å². The minimum absolute atomic E-state index is 0.0105. The first-order valence-corrected chi connectivity index (χ1v) is 15.2. The molecule has 2 aliphatic rings. The van der Waals surface area contributed by atoms with Crippen LogP contribution in [0.1, 0.15) is 18.4 Å². The number of anilines is 5. The highest BCUT2D eigenvalue weighted by Crippen LogP contribution is 2.42. The Morgan fingerprint density at radius 1 is 1.08 bits per heavy atom. The van der Waals surface area contributed by atoms with Crippen LogP contribution in [0.2, 0.25) is 0 Å². The first-order valence-electron chi connectivity index (χ1n) is 12.6. The molecule has 0 bridgehead atoms. The van der Waals surface area contributed by atoms with Crippen LogP contribution in [0.15, 0.2) is 42.6 Å². The number of hydrogen-bond donors (Lipinski definition) is 2. The fourth-order valence-electron chi connectivity index (χ4n) is 5.11. The average Bonchev–Trinajstić information content (AvgIpc) is 3.37. The lowest BCUT2D eigenvalue weighted by Gasteiger charge is -2.37. The van der Waals surface area contributed by atoms with Gasteiger partial charge in [-0.3, -0.25) is 0 Å². The number of nitrogens with one attached hydrogen (secondary N) is 2. The number of rotatable bonds is 7. The second kappa shape index (κ2) is 10.3. The van der Waals surface area contributed by atoms with Crippen LogP contribution >= 0.6 is 7.14 Å². The van der Waals surface area contributed by atoms with Crippen molar-refractivity contribution in [2.75, 3.05) is 62.7 Å². The van der Waals surface area contributed by atoms with Crippen LogP contribution in [0.3, 0.4) is 0 Å². The molecule has 0 radical (unpaired) electrons. The fourth-order valence-corrected chi connectivity index (χ4v) is 6.26. The zero-order chi connectivity index (χ0) is 26.2. The molecule has 37 heavy (non-hydrogen) atoms. The first-order chi connectivity index (χ1) is 17.7. The summed E-state index contributed by atoms with van der Waals surface area (Å²) in [5, 5.41) is 6.87. The summed E-state index contributed by atoms with van der Waals surface area (Å²) in [5.41, 5.74) is 3.72. The summed E-state index contributed by atoms with van der Waals surface area (Å²) < 4.78 is 33.4. The van der Waals surface area contributed by atoms with E-state index in [9.17, 15) is 8.96 Å². The van der Waals surface area contributed by atoms with Crippen LogP contribution in [0.4, 0.5) is 33.2 Å². The molecule has 0 saturated carbocycles. The van der Waals surface area contributed by atoms with Gasteiger partial charge >= 0.3 is 0 Å². The maximum atomic E-state index is 14.7. The highest BCUT2D eigenvalue weighted by Gasteiger charge is 2.27. The normalized spacial score (nSPS) is 16.0. The molecule has 0 unspecified atom stereocenters. The van der Waals surface area contributed by atoms with Gasteiger partial charge in [-0.1, -0.05) is 12.1 Å². The van der Waals surface area contributed by atoms with E-state index in [0.717, 1.165) is 50.0 Å². The van der Waals surface area contributed by atoms with E-state index >= 15 is 0 Å². The van der Waals surface area contributed by atoms with Gasteiger partial charge in [-0.05, 0) is 64.5 Å². The van der Waals surface area contributed by atoms with Crippen LogP contribution in [0.25, 0.3) is 0 Å². The fraction of sp³-hybridized carbons (Fsp3) is 0.407. The van der Waals surface area contributed by atoms with Crippen LogP contribution < -0.4 is 25.6 Å². The van der Waals surface area contributed by atoms with Crippen LogP contribution in [-0.2, 0) is 11.0 Å². The van der Waals surface area contributed by atoms with Gasteiger partial charge in [0.05, 0.1) is 24.2 Å². The average molecular weight is 525 g/mol. The van der Waals surface area contributed by atoms with Gasteiger partial charge in [0.25, 0.3) is 0 Å². The monoisotopic (exact) mass is 524 g/mol. The molecule has 0 aliphatic carbocycles. The molecule has 196 valence electrons. The standard InChI is InChI=1S/C27H34FN6O2P/c1-33(2)18-11-14-34(15-12-18)23-10-9-22(25-19(23)13-16-36-25)31-27-29-17-20(28)26(32-27)30-21-7-5-6-8-24(21)37(3,4)35/h5-10,17-18H,11-16H2,1-4H3,(H2,29,30,31,32). The Balaban J connectivity index is 1.38. The van der Waals surface area contributed by atoms with Crippen molar-refractivity contribution in [1.29, 1.82) is 0 Å². The third-order valence-corrected chi connectivity index (χ3v) is 8.65. The topological polar surface area (TPSA) is 82.6 Å². The summed E-state index contributed by atoms with van der Waals surface area (Å²) in [6, 6.07) is 11.9. The number of piperidine rings is 1. The van der Waals surface area contributed by atoms with Crippen LogP contribution in [-0.4, -0.2) is 68.0 Å². The van der Waals surface area contributed by atoms with E-state index in [1.807, 2.05) is 18.2 Å². The zero-order valence-corrected chi connectivity index (χ0v) is 22.7. The van der Waals surface area contributed by atoms with E-state index in [0.29, 0.717) is 23.6 Å². The Labute approximate surface area is 217 Å². The highest BCUT2D eigenvalue weighted by molar-refractivity contribution is 7.70. The Bertz CT molecular complexity index is 1340. The molecule has 1 saturated heterocycles. The quantitative estimate of drug-likeness (QED) is 0.426. The second-order valence-electron chi connectivity index (χ2n) is 10.2. The smallest absolute Gasteiger partial charge is 0.229 e. The molecule has 1 aromatic heterocycles. The van der Waals surface area contributed by atoms with E-state index in [4.69, 9.17) is 4.74 Å². The number of nitrogens with zero attached hydrogens (tertiary/aromatic N) is 4. The number of fused-ring (bicyclic) bond motifs is 1. The lowest BCUT2D eigenvalue weighted by Crippen LogP contribution is -2.42. The maximum Gasteiger partial charge on any atom is 0.229 e. The summed E-state index contributed by atoms with van der Waals surface area (Å²) in [4.78, 5) is 13.3. The van der Waals surface area contributed by atoms with E-state index in [1.165, 1.54) is 11.3 Å². The predicted molar refractivity (Wildman–Crippen MR) is 149 cm³/mol. The molecule has 8 nitrogen and oxygen atoms in total. The summed E-state index contributed by atoms with van der Waals surface area (Å²) >= 11 is 0.